The van der Waals surface area contributed by atoms with Crippen molar-refractivity contribution in [1.82, 2.24) is 0 Å². The Kier molecular flexibility index (Phi) is 3.65. The minimum atomic E-state index is -1.25. The SMILES string of the molecule is O=CC1(CO)C(c2cc(Br)cc(Br)c2)C1(Cl)Cl. The summed E-state index contributed by atoms with van der Waals surface area (Å²) in [4.78, 5) is 11.1. The fourth-order valence-corrected chi connectivity index (χ4v) is 4.39. The first-order valence-electron chi connectivity index (χ1n) is 4.80. The minimum absolute atomic E-state index is 0.363. The normalized spacial score (nSPS) is 30.1. The summed E-state index contributed by atoms with van der Waals surface area (Å²) in [5.41, 5.74) is -0.284. The summed E-state index contributed by atoms with van der Waals surface area (Å²) in [6, 6.07) is 5.56. The topological polar surface area (TPSA) is 37.3 Å². The van der Waals surface area contributed by atoms with E-state index in [0.717, 1.165) is 14.5 Å². The lowest BCUT2D eigenvalue weighted by molar-refractivity contribution is -0.113. The molecule has 1 aromatic rings. The van der Waals surface area contributed by atoms with Gasteiger partial charge in [-0.15, -0.1) is 0 Å². The standard InChI is InChI=1S/C11H8Br2Cl2O2/c12-7-1-6(2-8(13)3-7)9-10(4-16,5-17)11(9,14)15/h1-4,9,17H,5H2. The van der Waals surface area contributed by atoms with E-state index in [1.54, 1.807) is 0 Å². The molecule has 1 N–H and O–H groups in total. The van der Waals surface area contributed by atoms with Gasteiger partial charge in [-0.25, -0.2) is 0 Å². The maximum absolute atomic E-state index is 11.1. The van der Waals surface area contributed by atoms with Crippen LogP contribution in [0, 0.1) is 5.41 Å². The lowest BCUT2D eigenvalue weighted by Gasteiger charge is -2.05. The Bertz CT molecular complexity index is 458. The maximum atomic E-state index is 11.1. The number of halogens is 4. The number of aliphatic hydroxyl groups excluding tert-OH is 1. The van der Waals surface area contributed by atoms with Crippen LogP contribution in [0.3, 0.4) is 0 Å². The number of benzene rings is 1. The van der Waals surface area contributed by atoms with Crippen LogP contribution >= 0.6 is 55.1 Å². The van der Waals surface area contributed by atoms with Crippen molar-refractivity contribution < 1.29 is 9.90 Å². The Morgan fingerprint density at radius 2 is 1.82 bits per heavy atom. The monoisotopic (exact) mass is 400 g/mol. The van der Waals surface area contributed by atoms with Gasteiger partial charge in [0.1, 0.15) is 10.6 Å². The number of aliphatic hydroxyl groups is 1. The lowest BCUT2D eigenvalue weighted by Crippen LogP contribution is -2.16. The van der Waals surface area contributed by atoms with Crippen molar-refractivity contribution in [3.05, 3.63) is 32.7 Å². The average Bonchev–Trinajstić information content (AvgIpc) is 2.73. The van der Waals surface area contributed by atoms with Crippen molar-refractivity contribution in [3.63, 3.8) is 0 Å². The van der Waals surface area contributed by atoms with E-state index in [1.807, 2.05) is 18.2 Å². The van der Waals surface area contributed by atoms with E-state index >= 15 is 0 Å². The third-order valence-electron chi connectivity index (χ3n) is 3.11. The molecule has 2 rings (SSSR count). The number of carbonyl (C=O) groups is 1. The Balaban J connectivity index is 2.46. The molecular weight excluding hydrogens is 395 g/mol. The highest BCUT2D eigenvalue weighted by Crippen LogP contribution is 2.72. The molecule has 1 fully saturated rings. The largest absolute Gasteiger partial charge is 0.395 e. The number of carbonyl (C=O) groups excluding carboxylic acids is 1. The lowest BCUT2D eigenvalue weighted by atomic mass is 10.0. The van der Waals surface area contributed by atoms with Crippen LogP contribution in [-0.2, 0) is 4.79 Å². The molecule has 6 heteroatoms. The number of rotatable bonds is 3. The van der Waals surface area contributed by atoms with Crippen molar-refractivity contribution in [2.45, 2.75) is 10.3 Å². The molecule has 2 atom stereocenters. The van der Waals surface area contributed by atoms with Crippen molar-refractivity contribution in [3.8, 4) is 0 Å². The maximum Gasteiger partial charge on any atom is 0.141 e. The molecule has 1 saturated carbocycles. The number of hydrogen-bond donors (Lipinski definition) is 1. The summed E-state index contributed by atoms with van der Waals surface area (Å²) < 4.78 is 0.468. The number of aldehydes is 1. The predicted octanol–water partition coefficient (Wildman–Crippen LogP) is 3.66. The molecular formula is C11H8Br2Cl2O2. The van der Waals surface area contributed by atoms with Crippen molar-refractivity contribution in [2.75, 3.05) is 6.61 Å². The summed E-state index contributed by atoms with van der Waals surface area (Å²) in [5.74, 6) is -0.394. The highest BCUT2D eigenvalue weighted by Gasteiger charge is 2.76. The third-order valence-corrected chi connectivity index (χ3v) is 5.16. The molecule has 2 unspecified atom stereocenters. The van der Waals surface area contributed by atoms with E-state index in [9.17, 15) is 9.90 Å². The van der Waals surface area contributed by atoms with Gasteiger partial charge in [0.05, 0.1) is 12.0 Å². The second kappa shape index (κ2) is 4.49. The van der Waals surface area contributed by atoms with Gasteiger partial charge in [-0.1, -0.05) is 55.1 Å². The second-order valence-electron chi connectivity index (χ2n) is 4.08. The highest BCUT2D eigenvalue weighted by atomic mass is 79.9. The van der Waals surface area contributed by atoms with Gasteiger partial charge in [0.15, 0.2) is 0 Å². The Hall–Kier alpha value is 0.390. The van der Waals surface area contributed by atoms with Crippen molar-refractivity contribution >= 4 is 61.3 Å². The van der Waals surface area contributed by atoms with Crippen LogP contribution < -0.4 is 0 Å². The minimum Gasteiger partial charge on any atom is -0.395 e. The summed E-state index contributed by atoms with van der Waals surface area (Å²) >= 11 is 18.9. The van der Waals surface area contributed by atoms with E-state index < -0.39 is 15.7 Å². The molecule has 1 aliphatic carbocycles. The van der Waals surface area contributed by atoms with Gasteiger partial charge in [-0.3, -0.25) is 0 Å². The van der Waals surface area contributed by atoms with Crippen LogP contribution in [0.4, 0.5) is 0 Å². The molecule has 17 heavy (non-hydrogen) atoms. The van der Waals surface area contributed by atoms with E-state index in [1.165, 1.54) is 0 Å². The quantitative estimate of drug-likeness (QED) is 0.619. The van der Waals surface area contributed by atoms with E-state index in [0.29, 0.717) is 6.29 Å². The van der Waals surface area contributed by atoms with Crippen LogP contribution in [0.15, 0.2) is 27.1 Å². The molecule has 0 aromatic heterocycles. The molecule has 1 aromatic carbocycles. The first-order valence-corrected chi connectivity index (χ1v) is 7.14. The van der Waals surface area contributed by atoms with E-state index in [4.69, 9.17) is 23.2 Å². The molecule has 0 amide bonds. The van der Waals surface area contributed by atoms with Gasteiger partial charge in [0.25, 0.3) is 0 Å². The molecule has 1 aliphatic rings. The first-order chi connectivity index (χ1) is 7.89. The Morgan fingerprint density at radius 1 is 1.29 bits per heavy atom. The first kappa shape index (κ1) is 13.8. The van der Waals surface area contributed by atoms with Crippen molar-refractivity contribution in [1.29, 1.82) is 0 Å². The van der Waals surface area contributed by atoms with Crippen molar-refractivity contribution in [2.24, 2.45) is 5.41 Å². The molecule has 2 nitrogen and oxygen atoms in total. The summed E-state index contributed by atoms with van der Waals surface area (Å²) in [6.07, 6.45) is 0.645. The fourth-order valence-electron chi connectivity index (χ4n) is 2.11. The zero-order valence-corrected chi connectivity index (χ0v) is 13.1. The number of alkyl halides is 2. The van der Waals surface area contributed by atoms with Gasteiger partial charge in [0.2, 0.25) is 0 Å². The molecule has 0 saturated heterocycles. The van der Waals surface area contributed by atoms with Crippen LogP contribution in [-0.4, -0.2) is 22.3 Å². The van der Waals surface area contributed by atoms with Crippen LogP contribution in [0.1, 0.15) is 11.5 Å². The molecule has 0 spiro atoms. The summed E-state index contributed by atoms with van der Waals surface area (Å²) in [7, 11) is 0. The van der Waals surface area contributed by atoms with E-state index in [-0.39, 0.29) is 6.61 Å². The molecule has 0 heterocycles. The molecule has 0 aliphatic heterocycles. The third kappa shape index (κ3) is 1.98. The zero-order valence-electron chi connectivity index (χ0n) is 8.46. The van der Waals surface area contributed by atoms with Crippen LogP contribution in [0.25, 0.3) is 0 Å². The summed E-state index contributed by atoms with van der Waals surface area (Å²) in [5, 5.41) is 9.34. The fraction of sp³-hybridized carbons (Fsp3) is 0.364. The van der Waals surface area contributed by atoms with Gasteiger partial charge in [-0.2, -0.15) is 0 Å². The van der Waals surface area contributed by atoms with E-state index in [2.05, 4.69) is 31.9 Å². The van der Waals surface area contributed by atoms with Gasteiger partial charge in [-0.05, 0) is 23.8 Å². The smallest absolute Gasteiger partial charge is 0.141 e. The molecule has 0 radical (unpaired) electrons. The van der Waals surface area contributed by atoms with Gasteiger partial charge >= 0.3 is 0 Å². The Morgan fingerprint density at radius 3 is 2.18 bits per heavy atom. The molecule has 0 bridgehead atoms. The average molecular weight is 403 g/mol. The van der Waals surface area contributed by atoms with Crippen LogP contribution in [0.2, 0.25) is 0 Å². The number of hydrogen-bond acceptors (Lipinski definition) is 2. The summed E-state index contributed by atoms with van der Waals surface area (Å²) in [6.45, 7) is -0.363. The van der Waals surface area contributed by atoms with Crippen LogP contribution in [0.5, 0.6) is 0 Å². The molecule has 92 valence electrons. The highest BCUT2D eigenvalue weighted by molar-refractivity contribution is 9.11. The van der Waals surface area contributed by atoms with Gasteiger partial charge in [0, 0.05) is 14.9 Å². The second-order valence-corrected chi connectivity index (χ2v) is 7.29. The van der Waals surface area contributed by atoms with Gasteiger partial charge < -0.3 is 9.90 Å². The Labute approximate surface area is 126 Å². The zero-order chi connectivity index (χ0) is 12.8. The predicted molar refractivity (Wildman–Crippen MR) is 74.6 cm³/mol.